The fourth-order valence-corrected chi connectivity index (χ4v) is 1.68. The molecule has 0 bridgehead atoms. The van der Waals surface area contributed by atoms with Gasteiger partial charge in [0.1, 0.15) is 17.5 Å². The molecule has 2 rings (SSSR count). The third kappa shape index (κ3) is 2.32. The smallest absolute Gasteiger partial charge is 0.241 e. The highest BCUT2D eigenvalue weighted by Gasteiger charge is 2.21. The molecular formula is C9H10N4O3S. The summed E-state index contributed by atoms with van der Waals surface area (Å²) in [6, 6.07) is 0. The van der Waals surface area contributed by atoms with E-state index >= 15 is 0 Å². The van der Waals surface area contributed by atoms with Gasteiger partial charge >= 0.3 is 0 Å². The minimum Gasteiger partial charge on any atom is -0.480 e. The van der Waals surface area contributed by atoms with Crippen LogP contribution in [0, 0.1) is 0 Å². The van der Waals surface area contributed by atoms with Crippen molar-refractivity contribution in [2.45, 2.75) is 6.10 Å². The zero-order chi connectivity index (χ0) is 12.3. The van der Waals surface area contributed by atoms with Crippen LogP contribution in [0.25, 0.3) is 0 Å². The molecule has 8 heteroatoms. The Hall–Kier alpha value is -1.80. The van der Waals surface area contributed by atoms with Gasteiger partial charge in [-0.1, -0.05) is 0 Å². The SMILES string of the molecule is COc1cnc(C(O)c2cnsn2)c(OC)n1. The van der Waals surface area contributed by atoms with Crippen LogP contribution in [0.15, 0.2) is 12.4 Å². The molecule has 0 saturated heterocycles. The maximum absolute atomic E-state index is 10.0. The van der Waals surface area contributed by atoms with Crippen molar-refractivity contribution in [1.29, 1.82) is 0 Å². The van der Waals surface area contributed by atoms with E-state index in [1.165, 1.54) is 26.6 Å². The van der Waals surface area contributed by atoms with Gasteiger partial charge in [0.05, 0.1) is 38.3 Å². The van der Waals surface area contributed by atoms with Gasteiger partial charge in [-0.2, -0.15) is 13.7 Å². The van der Waals surface area contributed by atoms with Crippen molar-refractivity contribution in [1.82, 2.24) is 18.7 Å². The minimum atomic E-state index is -1.01. The number of methoxy groups -OCH3 is 2. The first-order chi connectivity index (χ1) is 8.26. The maximum atomic E-state index is 10.0. The molecule has 17 heavy (non-hydrogen) atoms. The molecule has 2 aromatic rings. The van der Waals surface area contributed by atoms with E-state index in [1.54, 1.807) is 0 Å². The van der Waals surface area contributed by atoms with Gasteiger partial charge in [-0.25, -0.2) is 4.98 Å². The predicted molar refractivity (Wildman–Crippen MR) is 59.1 cm³/mol. The van der Waals surface area contributed by atoms with Crippen molar-refractivity contribution in [2.75, 3.05) is 14.2 Å². The van der Waals surface area contributed by atoms with Gasteiger partial charge in [-0.15, -0.1) is 0 Å². The van der Waals surface area contributed by atoms with Gasteiger partial charge < -0.3 is 14.6 Å². The van der Waals surface area contributed by atoms with Crippen LogP contribution in [0.5, 0.6) is 11.8 Å². The summed E-state index contributed by atoms with van der Waals surface area (Å²) < 4.78 is 17.7. The molecule has 7 nitrogen and oxygen atoms in total. The summed E-state index contributed by atoms with van der Waals surface area (Å²) in [5.41, 5.74) is 0.689. The summed E-state index contributed by atoms with van der Waals surface area (Å²) in [5.74, 6) is 0.513. The van der Waals surface area contributed by atoms with Gasteiger partial charge in [-0.05, 0) is 0 Å². The number of ether oxygens (including phenoxy) is 2. The number of aliphatic hydroxyl groups excluding tert-OH is 1. The van der Waals surface area contributed by atoms with Gasteiger partial charge in [0.25, 0.3) is 0 Å². The second-order valence-electron chi connectivity index (χ2n) is 3.04. The Labute approximate surface area is 101 Å². The number of hydrogen-bond acceptors (Lipinski definition) is 8. The summed E-state index contributed by atoms with van der Waals surface area (Å²) in [7, 11) is 2.92. The number of hydrogen-bond donors (Lipinski definition) is 1. The number of rotatable bonds is 4. The van der Waals surface area contributed by atoms with E-state index in [1.807, 2.05) is 0 Å². The van der Waals surface area contributed by atoms with Crippen molar-refractivity contribution in [3.63, 3.8) is 0 Å². The Morgan fingerprint density at radius 1 is 1.29 bits per heavy atom. The predicted octanol–water partition coefficient (Wildman–Crippen LogP) is 0.427. The third-order valence-electron chi connectivity index (χ3n) is 2.06. The molecule has 0 aromatic carbocycles. The van der Waals surface area contributed by atoms with Crippen LogP contribution < -0.4 is 9.47 Å². The second-order valence-corrected chi connectivity index (χ2v) is 3.60. The first-order valence-corrected chi connectivity index (χ1v) is 5.39. The standard InChI is InChI=1S/C9H10N4O3S/c1-15-6-4-10-7(9(12-6)16-2)8(14)5-3-11-17-13-5/h3-4,8,14H,1-2H3. The maximum Gasteiger partial charge on any atom is 0.241 e. The van der Waals surface area contributed by atoms with Crippen LogP contribution in [-0.2, 0) is 0 Å². The normalized spacial score (nSPS) is 12.2. The lowest BCUT2D eigenvalue weighted by Crippen LogP contribution is -2.07. The molecule has 0 spiro atoms. The van der Waals surface area contributed by atoms with Crippen LogP contribution in [0.3, 0.4) is 0 Å². The van der Waals surface area contributed by atoms with Gasteiger partial charge in [0, 0.05) is 0 Å². The van der Waals surface area contributed by atoms with Crippen molar-refractivity contribution in [3.8, 4) is 11.8 Å². The molecule has 2 aromatic heterocycles. The van der Waals surface area contributed by atoms with Gasteiger partial charge in [-0.3, -0.25) is 0 Å². The lowest BCUT2D eigenvalue weighted by Gasteiger charge is -2.11. The number of nitrogens with zero attached hydrogens (tertiary/aromatic N) is 4. The van der Waals surface area contributed by atoms with Crippen LogP contribution >= 0.6 is 11.7 Å². The van der Waals surface area contributed by atoms with Crippen LogP contribution in [-0.4, -0.2) is 38.0 Å². The molecule has 2 heterocycles. The van der Waals surface area contributed by atoms with E-state index in [2.05, 4.69) is 18.7 Å². The van der Waals surface area contributed by atoms with Crippen molar-refractivity contribution >= 4 is 11.7 Å². The average Bonchev–Trinajstić information content (AvgIpc) is 2.91. The summed E-state index contributed by atoms with van der Waals surface area (Å²) in [6.07, 6.45) is 1.86. The Kier molecular flexibility index (Phi) is 3.45. The Bertz CT molecular complexity index is 491. The first-order valence-electron chi connectivity index (χ1n) is 4.66. The highest BCUT2D eigenvalue weighted by molar-refractivity contribution is 6.99. The topological polar surface area (TPSA) is 90.2 Å². The van der Waals surface area contributed by atoms with Crippen molar-refractivity contribution < 1.29 is 14.6 Å². The molecule has 0 aliphatic heterocycles. The molecule has 0 radical (unpaired) electrons. The largest absolute Gasteiger partial charge is 0.480 e. The van der Waals surface area contributed by atoms with E-state index in [0.29, 0.717) is 11.6 Å². The van der Waals surface area contributed by atoms with E-state index in [-0.39, 0.29) is 11.6 Å². The fourth-order valence-electron chi connectivity index (χ4n) is 1.23. The molecule has 90 valence electrons. The summed E-state index contributed by atoms with van der Waals surface area (Å²) in [5, 5.41) is 10.0. The quantitative estimate of drug-likeness (QED) is 0.845. The molecule has 0 aliphatic carbocycles. The van der Waals surface area contributed by atoms with E-state index in [0.717, 1.165) is 11.7 Å². The van der Waals surface area contributed by atoms with Crippen LogP contribution in [0.2, 0.25) is 0 Å². The van der Waals surface area contributed by atoms with Crippen LogP contribution in [0.4, 0.5) is 0 Å². The monoisotopic (exact) mass is 254 g/mol. The highest BCUT2D eigenvalue weighted by atomic mass is 32.1. The Balaban J connectivity index is 2.38. The van der Waals surface area contributed by atoms with Crippen molar-refractivity contribution in [2.24, 2.45) is 0 Å². The molecule has 0 aliphatic rings. The van der Waals surface area contributed by atoms with E-state index in [4.69, 9.17) is 9.47 Å². The van der Waals surface area contributed by atoms with E-state index in [9.17, 15) is 5.11 Å². The summed E-state index contributed by atoms with van der Waals surface area (Å²) >= 11 is 1.01. The molecule has 0 saturated carbocycles. The van der Waals surface area contributed by atoms with Gasteiger partial charge in [0.15, 0.2) is 0 Å². The third-order valence-corrected chi connectivity index (χ3v) is 2.56. The Morgan fingerprint density at radius 2 is 2.12 bits per heavy atom. The average molecular weight is 254 g/mol. The molecule has 1 N–H and O–H groups in total. The first kappa shape index (κ1) is 11.7. The van der Waals surface area contributed by atoms with Crippen molar-refractivity contribution in [3.05, 3.63) is 23.8 Å². The molecule has 0 amide bonds. The zero-order valence-electron chi connectivity index (χ0n) is 9.19. The molecule has 1 unspecified atom stereocenters. The lowest BCUT2D eigenvalue weighted by molar-refractivity contribution is 0.203. The summed E-state index contributed by atoms with van der Waals surface area (Å²) in [6.45, 7) is 0. The highest BCUT2D eigenvalue weighted by Crippen LogP contribution is 2.26. The minimum absolute atomic E-state index is 0.199. The zero-order valence-corrected chi connectivity index (χ0v) is 10.0. The molecule has 1 atom stereocenters. The lowest BCUT2D eigenvalue weighted by atomic mass is 10.2. The molecule has 0 fully saturated rings. The van der Waals surface area contributed by atoms with Crippen LogP contribution in [0.1, 0.15) is 17.5 Å². The van der Waals surface area contributed by atoms with E-state index < -0.39 is 6.10 Å². The number of aliphatic hydroxyl groups is 1. The molecular weight excluding hydrogens is 244 g/mol. The summed E-state index contributed by atoms with van der Waals surface area (Å²) in [4.78, 5) is 8.08. The second kappa shape index (κ2) is 5.02. The van der Waals surface area contributed by atoms with Gasteiger partial charge in [0.2, 0.25) is 11.8 Å². The Morgan fingerprint density at radius 3 is 2.71 bits per heavy atom. The fraction of sp³-hybridized carbons (Fsp3) is 0.333. The number of aromatic nitrogens is 4.